The van der Waals surface area contributed by atoms with Gasteiger partial charge in [-0.3, -0.25) is 4.79 Å². The van der Waals surface area contributed by atoms with Gasteiger partial charge in [0, 0.05) is 49.7 Å². The van der Waals surface area contributed by atoms with Crippen LogP contribution < -0.4 is 4.90 Å². The number of carbonyl (C=O) groups excluding carboxylic acids is 1. The molecular formula is C68H43N3O. The topological polar surface area (TPSA) is 30.2 Å². The molecule has 0 radical (unpaired) electrons. The van der Waals surface area contributed by atoms with E-state index in [0.717, 1.165) is 61.4 Å². The molecule has 1 aliphatic carbocycles. The summed E-state index contributed by atoms with van der Waals surface area (Å²) in [6.07, 6.45) is 0. The third-order valence-electron chi connectivity index (χ3n) is 15.5. The first-order valence-electron chi connectivity index (χ1n) is 24.7. The van der Waals surface area contributed by atoms with Gasteiger partial charge in [-0.1, -0.05) is 152 Å². The van der Waals surface area contributed by atoms with E-state index in [1.807, 2.05) is 18.2 Å². The van der Waals surface area contributed by atoms with Crippen LogP contribution >= 0.6 is 0 Å². The molecule has 0 amide bonds. The fourth-order valence-corrected chi connectivity index (χ4v) is 12.5. The predicted octanol–water partition coefficient (Wildman–Crippen LogP) is 16.9. The molecule has 0 fully saturated rings. The molecule has 2 aliphatic rings. The highest BCUT2D eigenvalue weighted by Crippen LogP contribution is 2.63. The first-order chi connectivity index (χ1) is 35.6. The van der Waals surface area contributed by atoms with Gasteiger partial charge in [-0.2, -0.15) is 0 Å². The van der Waals surface area contributed by atoms with E-state index in [-0.39, 0.29) is 5.78 Å². The van der Waals surface area contributed by atoms with Crippen molar-refractivity contribution in [3.8, 4) is 33.6 Å². The van der Waals surface area contributed by atoms with Gasteiger partial charge in [-0.05, 0) is 154 Å². The van der Waals surface area contributed by atoms with E-state index in [1.54, 1.807) is 0 Å². The van der Waals surface area contributed by atoms with Gasteiger partial charge < -0.3 is 14.0 Å². The standard InChI is InChI=1S/C68H43N3O/c72-67(44-31-36-50(37-32-44)71-65-29-15-12-26-59(65)68(60-27-13-16-30-66(60)71)57-24-10-7-21-51(57)52-22-8-11-25-58(52)68)47-35-40-64-56(43-47)55-42-46(34-39-63(55)70(64)49-19-5-2-6-20-49)45-33-38-62-54(41-45)53-23-9-14-28-61(53)69(62)48-17-3-1-4-18-48/h1-43H. The second-order valence-corrected chi connectivity index (χ2v) is 19.1. The summed E-state index contributed by atoms with van der Waals surface area (Å²) in [5, 5.41) is 4.55. The smallest absolute Gasteiger partial charge is 0.193 e. The first kappa shape index (κ1) is 40.4. The van der Waals surface area contributed by atoms with E-state index in [4.69, 9.17) is 0 Å². The third-order valence-corrected chi connectivity index (χ3v) is 15.5. The maximum atomic E-state index is 14.8. The molecule has 0 N–H and O–H groups in total. The Hall–Kier alpha value is -9.51. The van der Waals surface area contributed by atoms with Crippen LogP contribution in [-0.4, -0.2) is 14.9 Å². The lowest BCUT2D eigenvalue weighted by Crippen LogP contribution is -2.36. The predicted molar refractivity (Wildman–Crippen MR) is 296 cm³/mol. The van der Waals surface area contributed by atoms with E-state index in [0.29, 0.717) is 11.1 Å². The molecule has 2 aromatic heterocycles. The monoisotopic (exact) mass is 917 g/mol. The van der Waals surface area contributed by atoms with E-state index >= 15 is 0 Å². The van der Waals surface area contributed by atoms with Gasteiger partial charge in [0.25, 0.3) is 0 Å². The Labute approximate surface area is 416 Å². The van der Waals surface area contributed by atoms with Crippen LogP contribution in [0, 0.1) is 0 Å². The van der Waals surface area contributed by atoms with E-state index in [2.05, 4.69) is 257 Å². The molecule has 0 saturated heterocycles. The fraction of sp³-hybridized carbons (Fsp3) is 0.0147. The highest BCUT2D eigenvalue weighted by atomic mass is 16.1. The first-order valence-corrected chi connectivity index (χ1v) is 24.7. The largest absolute Gasteiger partial charge is 0.310 e. The summed E-state index contributed by atoms with van der Waals surface area (Å²) in [5.74, 6) is -0.0157. The van der Waals surface area contributed by atoms with Crippen LogP contribution in [0.5, 0.6) is 0 Å². The average molecular weight is 918 g/mol. The summed E-state index contributed by atoms with van der Waals surface area (Å²) in [4.78, 5) is 17.2. The Morgan fingerprint density at radius 2 is 0.722 bits per heavy atom. The summed E-state index contributed by atoms with van der Waals surface area (Å²) >= 11 is 0. The van der Waals surface area contributed by atoms with Crippen molar-refractivity contribution in [3.63, 3.8) is 0 Å². The summed E-state index contributed by atoms with van der Waals surface area (Å²) in [5.41, 5.74) is 20.7. The van der Waals surface area contributed by atoms with Gasteiger partial charge in [-0.25, -0.2) is 0 Å². The minimum atomic E-state index is -0.479. The maximum Gasteiger partial charge on any atom is 0.193 e. The molecule has 72 heavy (non-hydrogen) atoms. The second-order valence-electron chi connectivity index (χ2n) is 19.1. The van der Waals surface area contributed by atoms with Gasteiger partial charge in [-0.15, -0.1) is 0 Å². The number of benzene rings is 11. The molecule has 1 spiro atoms. The van der Waals surface area contributed by atoms with Crippen LogP contribution in [0.15, 0.2) is 261 Å². The lowest BCUT2D eigenvalue weighted by atomic mass is 9.64. The molecule has 4 nitrogen and oxygen atoms in total. The third kappa shape index (κ3) is 5.66. The SMILES string of the molecule is O=C(c1ccc(N2c3ccccc3C3(c4ccccc4-c4ccccc43)c3ccccc32)cc1)c1ccc2c(c1)c1cc(-c3ccc4c(c3)c3ccccc3n4-c3ccccc3)ccc1n2-c1ccccc1. The number of fused-ring (bicyclic) bond motifs is 15. The number of hydrogen-bond acceptors (Lipinski definition) is 2. The Bertz CT molecular complexity index is 4260. The van der Waals surface area contributed by atoms with Crippen molar-refractivity contribution in [2.75, 3.05) is 4.90 Å². The van der Waals surface area contributed by atoms with Gasteiger partial charge >= 0.3 is 0 Å². The normalized spacial score (nSPS) is 13.1. The molecule has 13 aromatic rings. The van der Waals surface area contributed by atoms with Crippen molar-refractivity contribution in [1.82, 2.24) is 9.13 Å². The van der Waals surface area contributed by atoms with Crippen molar-refractivity contribution in [2.24, 2.45) is 0 Å². The number of rotatable bonds is 6. The molecule has 0 atom stereocenters. The molecule has 0 bridgehead atoms. The van der Waals surface area contributed by atoms with Crippen molar-refractivity contribution in [1.29, 1.82) is 0 Å². The average Bonchev–Trinajstić information content (AvgIpc) is 4.07. The number of hydrogen-bond donors (Lipinski definition) is 0. The summed E-state index contributed by atoms with van der Waals surface area (Å²) in [7, 11) is 0. The van der Waals surface area contributed by atoms with Crippen LogP contribution in [0.4, 0.5) is 17.1 Å². The zero-order chi connectivity index (χ0) is 47.5. The van der Waals surface area contributed by atoms with E-state index in [9.17, 15) is 4.79 Å². The molecule has 0 unspecified atom stereocenters. The number of nitrogens with zero attached hydrogens (tertiary/aromatic N) is 3. The van der Waals surface area contributed by atoms with Crippen LogP contribution in [0.3, 0.4) is 0 Å². The minimum Gasteiger partial charge on any atom is -0.310 e. The highest BCUT2D eigenvalue weighted by Gasteiger charge is 2.51. The van der Waals surface area contributed by atoms with Crippen molar-refractivity contribution < 1.29 is 4.79 Å². The van der Waals surface area contributed by atoms with Crippen LogP contribution in [0.1, 0.15) is 38.2 Å². The van der Waals surface area contributed by atoms with Gasteiger partial charge in [0.05, 0.1) is 38.9 Å². The van der Waals surface area contributed by atoms with Crippen molar-refractivity contribution >= 4 is 66.5 Å². The van der Waals surface area contributed by atoms with E-state index < -0.39 is 5.41 Å². The molecular weight excluding hydrogens is 875 g/mol. The fourth-order valence-electron chi connectivity index (χ4n) is 12.5. The van der Waals surface area contributed by atoms with Crippen molar-refractivity contribution in [2.45, 2.75) is 5.41 Å². The van der Waals surface area contributed by atoms with Crippen LogP contribution in [0.2, 0.25) is 0 Å². The lowest BCUT2D eigenvalue weighted by molar-refractivity contribution is 0.103. The van der Waals surface area contributed by atoms with Crippen molar-refractivity contribution in [3.05, 3.63) is 294 Å². The molecule has 4 heteroatoms. The second kappa shape index (κ2) is 15.5. The molecule has 15 rings (SSSR count). The number of carbonyl (C=O) groups is 1. The molecule has 11 aromatic carbocycles. The quantitative estimate of drug-likeness (QED) is 0.156. The summed E-state index contributed by atoms with van der Waals surface area (Å²) in [6, 6.07) is 93.2. The van der Waals surface area contributed by atoms with Crippen LogP contribution in [0.25, 0.3) is 77.2 Å². The Balaban J connectivity index is 0.829. The molecule has 336 valence electrons. The Morgan fingerprint density at radius 3 is 1.29 bits per heavy atom. The summed E-state index contributed by atoms with van der Waals surface area (Å²) < 4.78 is 4.67. The lowest BCUT2D eigenvalue weighted by Gasteiger charge is -2.45. The molecule has 0 saturated carbocycles. The number of para-hydroxylation sites is 5. The molecule has 3 heterocycles. The maximum absolute atomic E-state index is 14.8. The Morgan fingerprint density at radius 1 is 0.306 bits per heavy atom. The minimum absolute atomic E-state index is 0.0157. The number of anilines is 3. The Kier molecular flexibility index (Phi) is 8.69. The van der Waals surface area contributed by atoms with Gasteiger partial charge in [0.15, 0.2) is 5.78 Å². The zero-order valence-corrected chi connectivity index (χ0v) is 39.1. The zero-order valence-electron chi connectivity index (χ0n) is 39.1. The highest BCUT2D eigenvalue weighted by molar-refractivity contribution is 6.16. The van der Waals surface area contributed by atoms with E-state index in [1.165, 1.54) is 55.2 Å². The van der Waals surface area contributed by atoms with Crippen LogP contribution in [-0.2, 0) is 5.41 Å². The number of ketones is 1. The number of aromatic nitrogens is 2. The summed E-state index contributed by atoms with van der Waals surface area (Å²) in [6.45, 7) is 0. The molecule has 1 aliphatic heterocycles. The van der Waals surface area contributed by atoms with Gasteiger partial charge in [0.2, 0.25) is 0 Å². The van der Waals surface area contributed by atoms with Gasteiger partial charge in [0.1, 0.15) is 0 Å².